The zero-order chi connectivity index (χ0) is 14.6. The van der Waals surface area contributed by atoms with Gasteiger partial charge in [0.25, 0.3) is 11.5 Å². The second-order valence-corrected chi connectivity index (χ2v) is 5.51. The van der Waals surface area contributed by atoms with E-state index in [4.69, 9.17) is 4.74 Å². The smallest absolute Gasteiger partial charge is 0.261 e. The fourth-order valence-corrected chi connectivity index (χ4v) is 2.93. The minimum Gasteiger partial charge on any atom is -0.342 e. The van der Waals surface area contributed by atoms with E-state index in [0.717, 1.165) is 6.54 Å². The number of aromatic nitrogens is 3. The lowest BCUT2D eigenvalue weighted by Gasteiger charge is -2.36. The molecule has 0 aromatic carbocycles. The van der Waals surface area contributed by atoms with Crippen LogP contribution in [0, 0.1) is 0 Å². The van der Waals surface area contributed by atoms with Crippen LogP contribution in [-0.4, -0.2) is 33.4 Å². The Balaban J connectivity index is 1.73. The first-order chi connectivity index (χ1) is 10.1. The number of pyridine rings is 1. The van der Waals surface area contributed by atoms with E-state index in [-0.39, 0.29) is 24.8 Å². The van der Waals surface area contributed by atoms with Crippen molar-refractivity contribution >= 4 is 10.9 Å². The minimum atomic E-state index is -2.65. The van der Waals surface area contributed by atoms with Crippen molar-refractivity contribution in [3.63, 3.8) is 0 Å². The number of fused-ring (bicyclic) bond motifs is 1. The lowest BCUT2D eigenvalue weighted by Crippen LogP contribution is -2.40. The molecule has 1 aliphatic carbocycles. The lowest BCUT2D eigenvalue weighted by atomic mass is 9.88. The van der Waals surface area contributed by atoms with E-state index in [1.165, 1.54) is 10.8 Å². The van der Waals surface area contributed by atoms with Crippen LogP contribution in [-0.2, 0) is 4.74 Å². The maximum absolute atomic E-state index is 13.0. The number of hydrogen-bond donors (Lipinski definition) is 1. The lowest BCUT2D eigenvalue weighted by molar-refractivity contribution is -0.104. The molecule has 3 heterocycles. The summed E-state index contributed by atoms with van der Waals surface area (Å²) in [6.07, 6.45) is 2.09. The van der Waals surface area contributed by atoms with Gasteiger partial charge in [0.1, 0.15) is 0 Å². The summed E-state index contributed by atoms with van der Waals surface area (Å²) in [5, 5.41) is 7.71. The van der Waals surface area contributed by atoms with Crippen molar-refractivity contribution < 1.29 is 13.5 Å². The first kappa shape index (κ1) is 12.9. The molecular formula is C13H14F2N4O2. The molecule has 2 aromatic rings. The molecule has 1 saturated heterocycles. The molecular weight excluding hydrogens is 282 g/mol. The number of rotatable bonds is 2. The maximum Gasteiger partial charge on any atom is 0.261 e. The zero-order valence-electron chi connectivity index (χ0n) is 11.1. The summed E-state index contributed by atoms with van der Waals surface area (Å²) in [5.41, 5.74) is 0.360. The van der Waals surface area contributed by atoms with Gasteiger partial charge in [0.2, 0.25) is 6.35 Å². The predicted molar refractivity (Wildman–Crippen MR) is 70.2 cm³/mol. The Hall–Kier alpha value is -1.80. The average molecular weight is 296 g/mol. The van der Waals surface area contributed by atoms with Crippen LogP contribution in [0.15, 0.2) is 23.3 Å². The van der Waals surface area contributed by atoms with Crippen LogP contribution < -0.4 is 10.9 Å². The Morgan fingerprint density at radius 3 is 2.90 bits per heavy atom. The SMILES string of the molecule is O=c1c2cnn(C3NCCO3)c2ccn1C1CC(F)(F)C1. The fraction of sp³-hybridized carbons (Fsp3) is 0.538. The molecule has 8 heteroatoms. The van der Waals surface area contributed by atoms with Crippen LogP contribution in [0.1, 0.15) is 25.2 Å². The molecule has 1 atom stereocenters. The van der Waals surface area contributed by atoms with E-state index in [1.807, 2.05) is 0 Å². The van der Waals surface area contributed by atoms with Crippen molar-refractivity contribution in [3.05, 3.63) is 28.8 Å². The highest BCUT2D eigenvalue weighted by atomic mass is 19.3. The van der Waals surface area contributed by atoms with Gasteiger partial charge in [-0.25, -0.2) is 13.5 Å². The number of hydrogen-bond acceptors (Lipinski definition) is 4. The molecule has 2 aliphatic rings. The fourth-order valence-electron chi connectivity index (χ4n) is 2.93. The number of ether oxygens (including phenoxy) is 1. The van der Waals surface area contributed by atoms with Crippen LogP contribution in [0.3, 0.4) is 0 Å². The van der Waals surface area contributed by atoms with Crippen LogP contribution in [0.25, 0.3) is 10.9 Å². The molecule has 0 bridgehead atoms. The van der Waals surface area contributed by atoms with Gasteiger partial charge >= 0.3 is 0 Å². The Kier molecular flexibility index (Phi) is 2.67. The van der Waals surface area contributed by atoms with E-state index >= 15 is 0 Å². The summed E-state index contributed by atoms with van der Waals surface area (Å²) in [4.78, 5) is 12.4. The molecule has 4 rings (SSSR count). The van der Waals surface area contributed by atoms with Crippen molar-refractivity contribution in [2.24, 2.45) is 0 Å². The minimum absolute atomic E-state index is 0.278. The number of nitrogens with zero attached hydrogens (tertiary/aromatic N) is 3. The third-order valence-electron chi connectivity index (χ3n) is 4.07. The molecule has 0 radical (unpaired) electrons. The van der Waals surface area contributed by atoms with Gasteiger partial charge in [-0.2, -0.15) is 5.10 Å². The molecule has 1 N–H and O–H groups in total. The first-order valence-corrected chi connectivity index (χ1v) is 6.86. The topological polar surface area (TPSA) is 61.1 Å². The van der Waals surface area contributed by atoms with Gasteiger partial charge in [0, 0.05) is 31.6 Å². The van der Waals surface area contributed by atoms with Gasteiger partial charge in [0.15, 0.2) is 0 Å². The molecule has 2 aromatic heterocycles. The van der Waals surface area contributed by atoms with Crippen molar-refractivity contribution in [3.8, 4) is 0 Å². The van der Waals surface area contributed by atoms with E-state index in [9.17, 15) is 13.6 Å². The summed E-state index contributed by atoms with van der Waals surface area (Å²) < 4.78 is 34.4. The van der Waals surface area contributed by atoms with E-state index in [1.54, 1.807) is 16.9 Å². The predicted octanol–water partition coefficient (Wildman–Crippen LogP) is 1.24. The van der Waals surface area contributed by atoms with Gasteiger partial charge in [-0.1, -0.05) is 0 Å². The summed E-state index contributed by atoms with van der Waals surface area (Å²) in [7, 11) is 0. The van der Waals surface area contributed by atoms with Gasteiger partial charge in [-0.15, -0.1) is 0 Å². The highest BCUT2D eigenvalue weighted by molar-refractivity contribution is 5.77. The van der Waals surface area contributed by atoms with E-state index < -0.39 is 12.0 Å². The molecule has 1 unspecified atom stereocenters. The molecule has 112 valence electrons. The normalized spacial score (nSPS) is 25.3. The van der Waals surface area contributed by atoms with Crippen LogP contribution in [0.5, 0.6) is 0 Å². The highest BCUT2D eigenvalue weighted by Gasteiger charge is 2.46. The Labute approximate surface area is 118 Å². The van der Waals surface area contributed by atoms with Crippen molar-refractivity contribution in [2.45, 2.75) is 31.2 Å². The van der Waals surface area contributed by atoms with Crippen LogP contribution in [0.2, 0.25) is 0 Å². The third-order valence-corrected chi connectivity index (χ3v) is 4.07. The molecule has 0 amide bonds. The summed E-state index contributed by atoms with van der Waals surface area (Å²) >= 11 is 0. The molecule has 1 aliphatic heterocycles. The Bertz CT molecular complexity index is 740. The monoisotopic (exact) mass is 296 g/mol. The molecule has 2 fully saturated rings. The second-order valence-electron chi connectivity index (χ2n) is 5.51. The Morgan fingerprint density at radius 1 is 1.43 bits per heavy atom. The maximum atomic E-state index is 13.0. The van der Waals surface area contributed by atoms with Gasteiger partial charge < -0.3 is 9.30 Å². The Morgan fingerprint density at radius 2 is 2.24 bits per heavy atom. The second kappa shape index (κ2) is 4.35. The van der Waals surface area contributed by atoms with Crippen LogP contribution >= 0.6 is 0 Å². The molecule has 1 saturated carbocycles. The van der Waals surface area contributed by atoms with Crippen LogP contribution in [0.4, 0.5) is 8.78 Å². The summed E-state index contributed by atoms with van der Waals surface area (Å²) in [5.74, 6) is -2.65. The van der Waals surface area contributed by atoms with Gasteiger partial charge in [0.05, 0.1) is 23.7 Å². The van der Waals surface area contributed by atoms with E-state index in [2.05, 4.69) is 10.4 Å². The van der Waals surface area contributed by atoms with Crippen molar-refractivity contribution in [2.75, 3.05) is 13.2 Å². The quantitative estimate of drug-likeness (QED) is 0.906. The van der Waals surface area contributed by atoms with Crippen molar-refractivity contribution in [1.82, 2.24) is 19.7 Å². The first-order valence-electron chi connectivity index (χ1n) is 6.86. The molecule has 6 nitrogen and oxygen atoms in total. The summed E-state index contributed by atoms with van der Waals surface area (Å²) in [6.45, 7) is 1.31. The molecule has 21 heavy (non-hydrogen) atoms. The number of nitrogens with one attached hydrogen (secondary N) is 1. The largest absolute Gasteiger partial charge is 0.342 e. The zero-order valence-corrected chi connectivity index (χ0v) is 11.1. The highest BCUT2D eigenvalue weighted by Crippen LogP contribution is 2.44. The van der Waals surface area contributed by atoms with Gasteiger partial charge in [-0.3, -0.25) is 10.1 Å². The number of alkyl halides is 2. The summed E-state index contributed by atoms with van der Waals surface area (Å²) in [6, 6.07) is 1.30. The third kappa shape index (κ3) is 1.97. The van der Waals surface area contributed by atoms with Gasteiger partial charge in [-0.05, 0) is 6.07 Å². The van der Waals surface area contributed by atoms with E-state index in [0.29, 0.717) is 17.5 Å². The standard InChI is InChI=1S/C13H14F2N4O2/c14-13(15)5-8(6-13)18-3-1-10-9(11(18)20)7-17-19(10)12-16-2-4-21-12/h1,3,7-8,12,16H,2,4-6H2. The average Bonchev–Trinajstić information content (AvgIpc) is 3.05. The number of halogens is 2. The molecule has 0 spiro atoms. The van der Waals surface area contributed by atoms with Crippen molar-refractivity contribution in [1.29, 1.82) is 0 Å².